The van der Waals surface area contributed by atoms with Crippen LogP contribution in [-0.2, 0) is 16.4 Å². The van der Waals surface area contributed by atoms with Crippen LogP contribution in [0.3, 0.4) is 0 Å². The minimum Gasteiger partial charge on any atom is -0.382 e. The summed E-state index contributed by atoms with van der Waals surface area (Å²) in [6.07, 6.45) is 0.745. The van der Waals surface area contributed by atoms with Crippen molar-refractivity contribution in [3.63, 3.8) is 0 Å². The van der Waals surface area contributed by atoms with Crippen molar-refractivity contribution < 1.29 is 18.0 Å². The number of hydrogen-bond donors (Lipinski definition) is 2. The summed E-state index contributed by atoms with van der Waals surface area (Å²) in [6.45, 7) is 10.6. The van der Waals surface area contributed by atoms with Gasteiger partial charge in [-0.05, 0) is 60.9 Å². The molecule has 39 heavy (non-hydrogen) atoms. The van der Waals surface area contributed by atoms with Crippen molar-refractivity contribution in [2.45, 2.75) is 84.0 Å². The first-order valence-electron chi connectivity index (χ1n) is 13.6. The lowest BCUT2D eigenvalue weighted by atomic mass is 9.87. The molecule has 216 valence electrons. The maximum Gasteiger partial charge on any atom is 0.433 e. The van der Waals surface area contributed by atoms with E-state index in [0.29, 0.717) is 44.1 Å². The average molecular weight is 548 g/mol. The molecule has 0 radical (unpaired) electrons. The molecule has 2 N–H and O–H groups in total. The van der Waals surface area contributed by atoms with Crippen LogP contribution in [0.2, 0.25) is 0 Å². The van der Waals surface area contributed by atoms with Crippen molar-refractivity contribution in [3.05, 3.63) is 53.9 Å². The van der Waals surface area contributed by atoms with Gasteiger partial charge < -0.3 is 20.4 Å². The number of alkyl halides is 3. The van der Waals surface area contributed by atoms with Crippen LogP contribution in [0, 0.1) is 0 Å². The molecule has 2 saturated heterocycles. The third kappa shape index (κ3) is 8.85. The molecule has 0 unspecified atom stereocenters. The number of halogens is 3. The molecule has 0 bridgehead atoms. The molecule has 0 aliphatic carbocycles. The number of amides is 1. The molecule has 3 heterocycles. The molecule has 2 fully saturated rings. The van der Waals surface area contributed by atoms with Crippen molar-refractivity contribution in [2.75, 3.05) is 43.4 Å². The van der Waals surface area contributed by atoms with E-state index in [1.54, 1.807) is 6.07 Å². The second-order valence-corrected chi connectivity index (χ2v) is 11.6. The highest BCUT2D eigenvalue weighted by atomic mass is 19.4. The summed E-state index contributed by atoms with van der Waals surface area (Å²) in [5, 5.41) is 6.84. The Balaban J connectivity index is 0.00000420. The van der Waals surface area contributed by atoms with Crippen LogP contribution in [-0.4, -0.2) is 65.5 Å². The van der Waals surface area contributed by atoms with Gasteiger partial charge in [-0.15, -0.1) is 0 Å². The standard InChI is InChI=1S/C29H40F3N5O.CH4/c1-28(2,3)21-4-6-22(7-5-21)34-23-9-15-36(16-10-23)17-13-27(38)37-18-11-24(12-19-37)35-25-8-14-33-26(20-25)29(30,31)32;/h4-8,14,20,23-24,34H,9-13,15-19H2,1-3H3,(H,33,35);1H4. The highest BCUT2D eigenvalue weighted by molar-refractivity contribution is 5.76. The molecule has 4 rings (SSSR count). The molecule has 2 aromatic rings. The van der Waals surface area contributed by atoms with Gasteiger partial charge in [0.15, 0.2) is 0 Å². The van der Waals surface area contributed by atoms with Gasteiger partial charge in [-0.3, -0.25) is 9.78 Å². The number of hydrogen-bond acceptors (Lipinski definition) is 5. The van der Waals surface area contributed by atoms with Crippen molar-refractivity contribution in [3.8, 4) is 0 Å². The number of nitrogens with one attached hydrogen (secondary N) is 2. The first kappa shape index (κ1) is 30.7. The van der Waals surface area contributed by atoms with Crippen LogP contribution in [0.5, 0.6) is 0 Å². The molecule has 0 saturated carbocycles. The van der Waals surface area contributed by atoms with Gasteiger partial charge in [0.2, 0.25) is 5.91 Å². The Labute approximate surface area is 231 Å². The Bertz CT molecular complexity index is 1050. The van der Waals surface area contributed by atoms with E-state index < -0.39 is 11.9 Å². The molecule has 0 atom stereocenters. The SMILES string of the molecule is C.CC(C)(C)c1ccc(NC2CCN(CCC(=O)N3CCC(Nc4ccnc(C(F)(F)F)c4)CC3)CC2)cc1. The van der Waals surface area contributed by atoms with Gasteiger partial charge in [0.1, 0.15) is 5.69 Å². The number of piperidine rings is 2. The predicted molar refractivity (Wildman–Crippen MR) is 152 cm³/mol. The van der Waals surface area contributed by atoms with Gasteiger partial charge in [-0.2, -0.15) is 13.2 Å². The van der Waals surface area contributed by atoms with E-state index in [0.717, 1.165) is 44.2 Å². The highest BCUT2D eigenvalue weighted by Crippen LogP contribution is 2.29. The first-order chi connectivity index (χ1) is 18.0. The lowest BCUT2D eigenvalue weighted by Crippen LogP contribution is -2.44. The first-order valence-corrected chi connectivity index (χ1v) is 13.6. The lowest BCUT2D eigenvalue weighted by molar-refractivity contribution is -0.141. The summed E-state index contributed by atoms with van der Waals surface area (Å²) < 4.78 is 38.7. The molecule has 1 amide bonds. The topological polar surface area (TPSA) is 60.5 Å². The lowest BCUT2D eigenvalue weighted by Gasteiger charge is -2.35. The second-order valence-electron chi connectivity index (χ2n) is 11.6. The van der Waals surface area contributed by atoms with Crippen LogP contribution in [0.25, 0.3) is 0 Å². The number of anilines is 2. The normalized spacial score (nSPS) is 17.9. The fourth-order valence-electron chi connectivity index (χ4n) is 5.20. The Hall–Kier alpha value is -2.81. The molecule has 6 nitrogen and oxygen atoms in total. The van der Waals surface area contributed by atoms with Crippen LogP contribution in [0.1, 0.15) is 71.6 Å². The van der Waals surface area contributed by atoms with Gasteiger partial charge in [0, 0.05) is 68.8 Å². The maximum atomic E-state index is 12.9. The molecular weight excluding hydrogens is 503 g/mol. The number of benzene rings is 1. The summed E-state index contributed by atoms with van der Waals surface area (Å²) in [7, 11) is 0. The number of rotatable bonds is 7. The second kappa shape index (κ2) is 13.0. The number of likely N-dealkylation sites (tertiary alicyclic amines) is 2. The Kier molecular flexibility index (Phi) is 10.3. The zero-order valence-corrected chi connectivity index (χ0v) is 22.7. The monoisotopic (exact) mass is 547 g/mol. The summed E-state index contributed by atoms with van der Waals surface area (Å²) >= 11 is 0. The number of pyridine rings is 1. The van der Waals surface area contributed by atoms with E-state index in [2.05, 4.69) is 65.6 Å². The molecule has 1 aromatic heterocycles. The molecule has 9 heteroatoms. The molecule has 2 aliphatic rings. The molecule has 0 spiro atoms. The number of nitrogens with zero attached hydrogens (tertiary/aromatic N) is 3. The molecule has 1 aromatic carbocycles. The van der Waals surface area contributed by atoms with Gasteiger partial charge in [0.05, 0.1) is 0 Å². The summed E-state index contributed by atoms with van der Waals surface area (Å²) in [5.74, 6) is 0.158. The average Bonchev–Trinajstić information content (AvgIpc) is 2.88. The fourth-order valence-corrected chi connectivity index (χ4v) is 5.20. The third-order valence-electron chi connectivity index (χ3n) is 7.62. The summed E-state index contributed by atoms with van der Waals surface area (Å²) in [5.41, 5.74) is 2.16. The van der Waals surface area contributed by atoms with Crippen molar-refractivity contribution in [2.24, 2.45) is 0 Å². The molecular formula is C30H44F3N5O. The van der Waals surface area contributed by atoms with E-state index in [9.17, 15) is 18.0 Å². The van der Waals surface area contributed by atoms with Crippen LogP contribution in [0.15, 0.2) is 42.6 Å². The van der Waals surface area contributed by atoms with Crippen LogP contribution in [0.4, 0.5) is 24.5 Å². The Morgan fingerprint density at radius 2 is 1.46 bits per heavy atom. The van der Waals surface area contributed by atoms with Gasteiger partial charge in [0.25, 0.3) is 0 Å². The van der Waals surface area contributed by atoms with Crippen LogP contribution < -0.4 is 10.6 Å². The van der Waals surface area contributed by atoms with E-state index in [4.69, 9.17) is 0 Å². The zero-order chi connectivity index (χ0) is 27.3. The van der Waals surface area contributed by atoms with Crippen LogP contribution >= 0.6 is 0 Å². The van der Waals surface area contributed by atoms with Crippen molar-refractivity contribution >= 4 is 17.3 Å². The predicted octanol–water partition coefficient (Wildman–Crippen LogP) is 6.40. The minimum atomic E-state index is -4.46. The van der Waals surface area contributed by atoms with E-state index in [1.165, 1.54) is 11.8 Å². The Morgan fingerprint density at radius 1 is 0.897 bits per heavy atom. The quantitative estimate of drug-likeness (QED) is 0.420. The largest absolute Gasteiger partial charge is 0.433 e. The van der Waals surface area contributed by atoms with E-state index in [-0.39, 0.29) is 24.8 Å². The maximum absolute atomic E-state index is 12.9. The van der Waals surface area contributed by atoms with Gasteiger partial charge >= 0.3 is 6.18 Å². The number of aromatic nitrogens is 1. The van der Waals surface area contributed by atoms with E-state index >= 15 is 0 Å². The highest BCUT2D eigenvalue weighted by Gasteiger charge is 2.33. The Morgan fingerprint density at radius 3 is 2.03 bits per heavy atom. The van der Waals surface area contributed by atoms with Gasteiger partial charge in [-0.25, -0.2) is 0 Å². The fraction of sp³-hybridized carbons (Fsp3) is 0.600. The third-order valence-corrected chi connectivity index (χ3v) is 7.62. The number of carbonyl (C=O) groups excluding carboxylic acids is 1. The van der Waals surface area contributed by atoms with Crippen molar-refractivity contribution in [1.29, 1.82) is 0 Å². The summed E-state index contributed by atoms with van der Waals surface area (Å²) in [4.78, 5) is 20.5. The zero-order valence-electron chi connectivity index (χ0n) is 22.7. The summed E-state index contributed by atoms with van der Waals surface area (Å²) in [6, 6.07) is 11.8. The van der Waals surface area contributed by atoms with E-state index in [1.807, 2.05) is 4.90 Å². The van der Waals surface area contributed by atoms with Crippen molar-refractivity contribution in [1.82, 2.24) is 14.8 Å². The molecule has 2 aliphatic heterocycles. The smallest absolute Gasteiger partial charge is 0.382 e. The van der Waals surface area contributed by atoms with Gasteiger partial charge in [-0.1, -0.05) is 40.3 Å². The minimum absolute atomic E-state index is 0. The number of carbonyl (C=O) groups is 1.